The van der Waals surface area contributed by atoms with Crippen LogP contribution in [0.25, 0.3) is 0 Å². The molecule has 1 atom stereocenters. The van der Waals surface area contributed by atoms with Gasteiger partial charge in [-0.05, 0) is 51.7 Å². The Hall–Kier alpha value is 0.157. The monoisotopic (exact) mass is 317 g/mol. The fourth-order valence-electron chi connectivity index (χ4n) is 1.72. The van der Waals surface area contributed by atoms with Crippen molar-refractivity contribution in [1.29, 1.82) is 0 Å². The van der Waals surface area contributed by atoms with Crippen molar-refractivity contribution in [2.75, 3.05) is 0 Å². The largest absolute Gasteiger partial charge is 0.591 e. The topological polar surface area (TPSA) is 44.7 Å². The second-order valence-electron chi connectivity index (χ2n) is 8.35. The highest BCUT2D eigenvalue weighted by molar-refractivity contribution is 7.91. The van der Waals surface area contributed by atoms with Crippen molar-refractivity contribution < 1.29 is 8.98 Å². The van der Waals surface area contributed by atoms with Crippen molar-refractivity contribution >= 4 is 25.9 Å². The van der Waals surface area contributed by atoms with Crippen molar-refractivity contribution in [1.82, 2.24) is 0 Å². The molecule has 3 nitrogen and oxygen atoms in total. The zero-order valence-corrected chi connectivity index (χ0v) is 16.1. The lowest BCUT2D eigenvalue weighted by atomic mass is 9.84. The molecule has 0 aromatic rings. The first-order chi connectivity index (χ1) is 8.83. The van der Waals surface area contributed by atoms with Gasteiger partial charge < -0.3 is 8.98 Å². The summed E-state index contributed by atoms with van der Waals surface area (Å²) in [6.45, 7) is 17.2. The predicted octanol–water partition coefficient (Wildman–Crippen LogP) is 4.32. The van der Waals surface area contributed by atoms with Gasteiger partial charge in [0.1, 0.15) is 16.1 Å². The SMILES string of the molecule is CC(C)(C)[S@@+]([O-])N=C[C@H]1C[C@@H](O[Si](C)(C)C(C)(C)C)C1. The maximum Gasteiger partial charge on any atom is 0.192 e. The molecule has 0 aromatic heterocycles. The van der Waals surface area contributed by atoms with Gasteiger partial charge in [-0.2, -0.15) is 0 Å². The van der Waals surface area contributed by atoms with Crippen LogP contribution in [-0.4, -0.2) is 29.9 Å². The second kappa shape index (κ2) is 6.11. The zero-order valence-electron chi connectivity index (χ0n) is 14.3. The average molecular weight is 318 g/mol. The molecule has 0 amide bonds. The molecule has 0 N–H and O–H groups in total. The molecular weight excluding hydrogens is 286 g/mol. The van der Waals surface area contributed by atoms with Gasteiger partial charge in [0.15, 0.2) is 8.32 Å². The Kier molecular flexibility index (Phi) is 5.56. The van der Waals surface area contributed by atoms with E-state index >= 15 is 0 Å². The van der Waals surface area contributed by atoms with E-state index in [4.69, 9.17) is 4.43 Å². The molecule has 1 saturated carbocycles. The van der Waals surface area contributed by atoms with E-state index in [1.807, 2.05) is 27.0 Å². The molecule has 0 aromatic carbocycles. The summed E-state index contributed by atoms with van der Waals surface area (Å²) in [5, 5.41) is 0.264. The molecule has 0 unspecified atom stereocenters. The summed E-state index contributed by atoms with van der Waals surface area (Å²) in [6.07, 6.45) is 4.30. The van der Waals surface area contributed by atoms with Crippen molar-refractivity contribution in [3.8, 4) is 0 Å². The Labute approximate surface area is 129 Å². The van der Waals surface area contributed by atoms with Gasteiger partial charge in [0.2, 0.25) is 0 Å². The Morgan fingerprint density at radius 3 is 2.05 bits per heavy atom. The minimum atomic E-state index is -1.65. The summed E-state index contributed by atoms with van der Waals surface area (Å²) in [5.74, 6) is 0.441. The van der Waals surface area contributed by atoms with Gasteiger partial charge in [-0.25, -0.2) is 0 Å². The van der Waals surface area contributed by atoms with Gasteiger partial charge in [-0.15, -0.1) is 0 Å². The van der Waals surface area contributed by atoms with Gasteiger partial charge in [0.05, 0.1) is 6.21 Å². The molecule has 5 heteroatoms. The third kappa shape index (κ3) is 4.86. The normalized spacial score (nSPS) is 26.6. The van der Waals surface area contributed by atoms with Gasteiger partial charge in [-0.3, -0.25) is 0 Å². The summed E-state index contributed by atoms with van der Waals surface area (Å²) in [4.78, 5) is 0. The van der Waals surface area contributed by atoms with E-state index in [1.165, 1.54) is 0 Å². The molecule has 0 aliphatic heterocycles. The van der Waals surface area contributed by atoms with Crippen molar-refractivity contribution in [2.45, 2.75) is 83.4 Å². The maximum atomic E-state index is 11.8. The Balaban J connectivity index is 2.39. The molecule has 20 heavy (non-hydrogen) atoms. The van der Waals surface area contributed by atoms with Crippen LogP contribution in [0.3, 0.4) is 0 Å². The summed E-state index contributed by atoms with van der Waals surface area (Å²) in [7, 11) is -1.65. The highest BCUT2D eigenvalue weighted by Crippen LogP contribution is 2.41. The lowest BCUT2D eigenvalue weighted by molar-refractivity contribution is 0.0816. The Bertz CT molecular complexity index is 352. The highest BCUT2D eigenvalue weighted by Gasteiger charge is 2.42. The van der Waals surface area contributed by atoms with Crippen LogP contribution >= 0.6 is 0 Å². The Morgan fingerprint density at radius 1 is 1.15 bits per heavy atom. The standard InChI is InChI=1S/C15H31NO2SSi/c1-14(2,3)19(17)16-11-12-9-13(10-12)18-20(7,8)15(4,5)6/h11-13H,9-10H2,1-8H3/t12-,13+,19-/m1/s1. The minimum absolute atomic E-state index is 0.264. The van der Waals surface area contributed by atoms with E-state index in [2.05, 4.69) is 38.3 Å². The molecule has 1 rings (SSSR count). The molecule has 1 fully saturated rings. The molecule has 0 spiro atoms. The molecule has 0 radical (unpaired) electrons. The summed E-state index contributed by atoms with van der Waals surface area (Å²) >= 11 is -1.13. The van der Waals surface area contributed by atoms with Crippen LogP contribution in [-0.2, 0) is 15.8 Å². The molecule has 1 aliphatic rings. The fourth-order valence-corrected chi connectivity index (χ4v) is 3.70. The highest BCUT2D eigenvalue weighted by atomic mass is 32.2. The number of rotatable bonds is 4. The van der Waals surface area contributed by atoms with E-state index < -0.39 is 19.7 Å². The van der Waals surface area contributed by atoms with Crippen LogP contribution < -0.4 is 0 Å². The lowest BCUT2D eigenvalue weighted by Crippen LogP contribution is -2.47. The van der Waals surface area contributed by atoms with Crippen LogP contribution in [0.2, 0.25) is 18.1 Å². The number of hydrogen-bond donors (Lipinski definition) is 0. The second-order valence-corrected chi connectivity index (χ2v) is 15.0. The third-order valence-electron chi connectivity index (χ3n) is 4.29. The summed E-state index contributed by atoms with van der Waals surface area (Å²) in [5.41, 5.74) is 0. The van der Waals surface area contributed by atoms with Gasteiger partial charge in [-0.1, -0.05) is 25.2 Å². The zero-order chi connectivity index (χ0) is 15.8. The van der Waals surface area contributed by atoms with Crippen LogP contribution in [0.1, 0.15) is 54.4 Å². The fraction of sp³-hybridized carbons (Fsp3) is 0.933. The molecular formula is C15H31NO2SSi. The minimum Gasteiger partial charge on any atom is -0.591 e. The van der Waals surface area contributed by atoms with Crippen LogP contribution in [0.5, 0.6) is 0 Å². The third-order valence-corrected chi connectivity index (χ3v) is 10.2. The van der Waals surface area contributed by atoms with Crippen LogP contribution in [0.4, 0.5) is 0 Å². The first kappa shape index (κ1) is 18.2. The van der Waals surface area contributed by atoms with Gasteiger partial charge in [0.25, 0.3) is 0 Å². The van der Waals surface area contributed by atoms with E-state index in [0.29, 0.717) is 12.0 Å². The molecule has 118 valence electrons. The average Bonchev–Trinajstić information content (AvgIpc) is 2.17. The van der Waals surface area contributed by atoms with Crippen molar-refractivity contribution in [3.05, 3.63) is 0 Å². The maximum absolute atomic E-state index is 11.8. The first-order valence-electron chi connectivity index (χ1n) is 7.47. The van der Waals surface area contributed by atoms with E-state index in [1.54, 1.807) is 0 Å². The van der Waals surface area contributed by atoms with E-state index in [9.17, 15) is 4.55 Å². The van der Waals surface area contributed by atoms with Crippen molar-refractivity contribution in [2.24, 2.45) is 10.3 Å². The molecule has 1 aliphatic carbocycles. The first-order valence-corrected chi connectivity index (χ1v) is 11.5. The number of hydrogen-bond acceptors (Lipinski definition) is 3. The smallest absolute Gasteiger partial charge is 0.192 e. The van der Waals surface area contributed by atoms with E-state index in [-0.39, 0.29) is 9.79 Å². The summed E-state index contributed by atoms with van der Waals surface area (Å²) in [6, 6.07) is 0. The Morgan fingerprint density at radius 2 is 1.65 bits per heavy atom. The number of nitrogens with zero attached hydrogens (tertiary/aromatic N) is 1. The van der Waals surface area contributed by atoms with E-state index in [0.717, 1.165) is 12.8 Å². The quantitative estimate of drug-likeness (QED) is 0.440. The van der Waals surface area contributed by atoms with Crippen LogP contribution in [0.15, 0.2) is 4.40 Å². The molecule has 0 heterocycles. The van der Waals surface area contributed by atoms with Crippen molar-refractivity contribution in [3.63, 3.8) is 0 Å². The summed E-state index contributed by atoms with van der Waals surface area (Å²) < 4.78 is 22.1. The van der Waals surface area contributed by atoms with Gasteiger partial charge in [0, 0.05) is 12.0 Å². The predicted molar refractivity (Wildman–Crippen MR) is 91.2 cm³/mol. The molecule has 0 saturated heterocycles. The molecule has 0 bridgehead atoms. The van der Waals surface area contributed by atoms with Crippen LogP contribution in [0, 0.1) is 5.92 Å². The lowest BCUT2D eigenvalue weighted by Gasteiger charge is -2.44. The van der Waals surface area contributed by atoms with Gasteiger partial charge >= 0.3 is 0 Å².